The van der Waals surface area contributed by atoms with Crippen molar-refractivity contribution in [3.8, 4) is 0 Å². The largest absolute Gasteiger partial charge is 0.294 e. The predicted octanol–water partition coefficient (Wildman–Crippen LogP) is 3.65. The lowest BCUT2D eigenvalue weighted by Crippen LogP contribution is -2.13. The van der Waals surface area contributed by atoms with Crippen LogP contribution < -0.4 is 5.43 Å². The van der Waals surface area contributed by atoms with Gasteiger partial charge < -0.3 is 0 Å². The molecular weight excluding hydrogens is 298 g/mol. The minimum Gasteiger partial charge on any atom is -0.288 e. The fraction of sp³-hybridized carbons (Fsp3) is 0.167. The van der Waals surface area contributed by atoms with Gasteiger partial charge in [-0.25, -0.2) is 0 Å². The van der Waals surface area contributed by atoms with Gasteiger partial charge in [0.05, 0.1) is 4.92 Å². The number of nitro benzene ring substituents is 1. The van der Waals surface area contributed by atoms with Crippen molar-refractivity contribution >= 4 is 27.3 Å². The van der Waals surface area contributed by atoms with Crippen molar-refractivity contribution < 1.29 is 4.92 Å². The second-order valence-electron chi connectivity index (χ2n) is 3.98. The van der Waals surface area contributed by atoms with Gasteiger partial charge in [0, 0.05) is 21.9 Å². The second kappa shape index (κ2) is 4.81. The number of aryl methyl sites for hydroxylation is 2. The van der Waals surface area contributed by atoms with E-state index in [-0.39, 0.29) is 5.69 Å². The van der Waals surface area contributed by atoms with Gasteiger partial charge in [-0.05, 0) is 38.1 Å². The summed E-state index contributed by atoms with van der Waals surface area (Å²) < 4.78 is 2.60. The van der Waals surface area contributed by atoms with E-state index in [4.69, 9.17) is 0 Å². The molecule has 0 saturated heterocycles. The highest BCUT2D eigenvalue weighted by atomic mass is 79.9. The van der Waals surface area contributed by atoms with E-state index in [9.17, 15) is 10.1 Å². The first kappa shape index (κ1) is 12.6. The Labute approximate surface area is 113 Å². The van der Waals surface area contributed by atoms with Crippen molar-refractivity contribution in [3.63, 3.8) is 0 Å². The van der Waals surface area contributed by atoms with Crippen molar-refractivity contribution in [1.82, 2.24) is 4.68 Å². The number of halogens is 1. The summed E-state index contributed by atoms with van der Waals surface area (Å²) in [6.45, 7) is 3.87. The minimum atomic E-state index is -0.400. The van der Waals surface area contributed by atoms with Gasteiger partial charge in [0.2, 0.25) is 0 Å². The number of aromatic nitrogens is 1. The van der Waals surface area contributed by atoms with Crippen LogP contribution in [0.25, 0.3) is 0 Å². The summed E-state index contributed by atoms with van der Waals surface area (Å²) in [6.07, 6.45) is 0. The zero-order valence-electron chi connectivity index (χ0n) is 9.98. The Balaban J connectivity index is 2.45. The van der Waals surface area contributed by atoms with Crippen LogP contribution >= 0.6 is 15.9 Å². The SMILES string of the molecule is Cc1ccc(C)n1Nc1cc(Br)ccc1[N+](=O)[O-]. The van der Waals surface area contributed by atoms with Crippen molar-refractivity contribution in [1.29, 1.82) is 0 Å². The Morgan fingerprint density at radius 3 is 2.39 bits per heavy atom. The molecule has 5 nitrogen and oxygen atoms in total. The summed E-state index contributed by atoms with van der Waals surface area (Å²) in [5.74, 6) is 0. The highest BCUT2D eigenvalue weighted by Crippen LogP contribution is 2.28. The molecule has 18 heavy (non-hydrogen) atoms. The van der Waals surface area contributed by atoms with Crippen molar-refractivity contribution in [2.75, 3.05) is 5.43 Å². The van der Waals surface area contributed by atoms with Gasteiger partial charge in [-0.15, -0.1) is 0 Å². The average Bonchev–Trinajstić information content (AvgIpc) is 2.60. The first-order valence-electron chi connectivity index (χ1n) is 5.35. The van der Waals surface area contributed by atoms with Crippen molar-refractivity contribution in [3.05, 3.63) is 56.3 Å². The molecule has 94 valence electrons. The molecule has 0 unspecified atom stereocenters. The number of nitro groups is 1. The Kier molecular flexibility index (Phi) is 3.38. The molecule has 2 aromatic rings. The number of hydrogen-bond donors (Lipinski definition) is 1. The number of hydrogen-bond acceptors (Lipinski definition) is 3. The normalized spacial score (nSPS) is 10.4. The van der Waals surface area contributed by atoms with E-state index in [2.05, 4.69) is 21.4 Å². The lowest BCUT2D eigenvalue weighted by molar-refractivity contribution is -0.384. The molecular formula is C12H12BrN3O2. The second-order valence-corrected chi connectivity index (χ2v) is 4.90. The highest BCUT2D eigenvalue weighted by molar-refractivity contribution is 9.10. The minimum absolute atomic E-state index is 0.0469. The molecule has 0 aliphatic rings. The number of nitrogens with one attached hydrogen (secondary N) is 1. The van der Waals surface area contributed by atoms with E-state index in [0.29, 0.717) is 5.69 Å². The monoisotopic (exact) mass is 309 g/mol. The van der Waals surface area contributed by atoms with Gasteiger partial charge in [0.15, 0.2) is 0 Å². The summed E-state index contributed by atoms with van der Waals surface area (Å²) in [4.78, 5) is 10.6. The first-order valence-corrected chi connectivity index (χ1v) is 6.14. The maximum absolute atomic E-state index is 11.0. The van der Waals surface area contributed by atoms with E-state index in [0.717, 1.165) is 15.9 Å². The van der Waals surface area contributed by atoms with E-state index >= 15 is 0 Å². The number of rotatable bonds is 3. The maximum Gasteiger partial charge on any atom is 0.294 e. The van der Waals surface area contributed by atoms with Gasteiger partial charge in [0.1, 0.15) is 5.69 Å². The summed E-state index contributed by atoms with van der Waals surface area (Å²) >= 11 is 3.31. The van der Waals surface area contributed by atoms with Crippen LogP contribution in [0.5, 0.6) is 0 Å². The standard InChI is InChI=1S/C12H12BrN3O2/c1-8-3-4-9(2)15(8)14-11-7-10(13)5-6-12(11)16(17)18/h3-7,14H,1-2H3. The molecule has 1 N–H and O–H groups in total. The van der Waals surface area contributed by atoms with Crippen LogP contribution in [-0.2, 0) is 0 Å². The quantitative estimate of drug-likeness (QED) is 0.695. The third-order valence-electron chi connectivity index (χ3n) is 2.66. The number of benzene rings is 1. The van der Waals surface area contributed by atoms with E-state index in [1.807, 2.05) is 30.7 Å². The molecule has 2 rings (SSSR count). The van der Waals surface area contributed by atoms with E-state index in [1.54, 1.807) is 12.1 Å². The van der Waals surface area contributed by atoms with Crippen LogP contribution in [0.2, 0.25) is 0 Å². The zero-order valence-corrected chi connectivity index (χ0v) is 11.6. The smallest absolute Gasteiger partial charge is 0.288 e. The molecule has 6 heteroatoms. The molecule has 0 bridgehead atoms. The van der Waals surface area contributed by atoms with Crippen LogP contribution in [0.15, 0.2) is 34.8 Å². The van der Waals surface area contributed by atoms with Crippen LogP contribution in [-0.4, -0.2) is 9.60 Å². The first-order chi connectivity index (χ1) is 8.49. The van der Waals surface area contributed by atoms with Crippen LogP contribution in [0, 0.1) is 24.0 Å². The fourth-order valence-electron chi connectivity index (χ4n) is 1.72. The summed E-state index contributed by atoms with van der Waals surface area (Å²) in [5, 5.41) is 11.0. The molecule has 1 aromatic carbocycles. The Hall–Kier alpha value is -1.82. The molecule has 0 atom stereocenters. The van der Waals surface area contributed by atoms with Gasteiger partial charge in [-0.3, -0.25) is 20.2 Å². The molecule has 0 spiro atoms. The molecule has 0 saturated carbocycles. The Morgan fingerprint density at radius 1 is 1.22 bits per heavy atom. The van der Waals surface area contributed by atoms with E-state index in [1.165, 1.54) is 6.07 Å². The molecule has 0 aliphatic heterocycles. The molecule has 0 fully saturated rings. The summed E-state index contributed by atoms with van der Waals surface area (Å²) in [5.41, 5.74) is 5.53. The van der Waals surface area contributed by atoms with Crippen LogP contribution in [0.4, 0.5) is 11.4 Å². The van der Waals surface area contributed by atoms with Gasteiger partial charge >= 0.3 is 0 Å². The zero-order chi connectivity index (χ0) is 13.3. The lowest BCUT2D eigenvalue weighted by Gasteiger charge is -2.13. The highest BCUT2D eigenvalue weighted by Gasteiger charge is 2.14. The maximum atomic E-state index is 11.0. The summed E-state index contributed by atoms with van der Waals surface area (Å²) in [7, 11) is 0. The third-order valence-corrected chi connectivity index (χ3v) is 3.15. The van der Waals surface area contributed by atoms with Gasteiger partial charge in [-0.2, -0.15) is 0 Å². The van der Waals surface area contributed by atoms with Gasteiger partial charge in [-0.1, -0.05) is 15.9 Å². The predicted molar refractivity (Wildman–Crippen MR) is 73.7 cm³/mol. The Bertz CT molecular complexity index is 588. The number of nitrogens with zero attached hydrogens (tertiary/aromatic N) is 2. The van der Waals surface area contributed by atoms with E-state index < -0.39 is 4.92 Å². The topological polar surface area (TPSA) is 60.1 Å². The molecule has 1 heterocycles. The third kappa shape index (κ3) is 2.38. The number of anilines is 1. The molecule has 1 aromatic heterocycles. The Morgan fingerprint density at radius 2 is 1.83 bits per heavy atom. The fourth-order valence-corrected chi connectivity index (χ4v) is 2.08. The summed E-state index contributed by atoms with van der Waals surface area (Å²) in [6, 6.07) is 8.72. The molecule has 0 aliphatic carbocycles. The van der Waals surface area contributed by atoms with Gasteiger partial charge in [0.25, 0.3) is 5.69 Å². The van der Waals surface area contributed by atoms with Crippen molar-refractivity contribution in [2.24, 2.45) is 0 Å². The van der Waals surface area contributed by atoms with Crippen LogP contribution in [0.3, 0.4) is 0 Å². The lowest BCUT2D eigenvalue weighted by atomic mass is 10.3. The molecule has 0 amide bonds. The van der Waals surface area contributed by atoms with Crippen molar-refractivity contribution in [2.45, 2.75) is 13.8 Å². The average molecular weight is 310 g/mol. The molecule has 0 radical (unpaired) electrons. The van der Waals surface area contributed by atoms with Crippen LogP contribution in [0.1, 0.15) is 11.4 Å².